The van der Waals surface area contributed by atoms with Gasteiger partial charge in [0.25, 0.3) is 0 Å². The van der Waals surface area contributed by atoms with Crippen molar-refractivity contribution >= 4 is 5.69 Å². The molecular formula is C12H16N4O. The molecule has 0 aliphatic carbocycles. The molecule has 5 nitrogen and oxygen atoms in total. The molecule has 0 aliphatic rings. The lowest BCUT2D eigenvalue weighted by Gasteiger charge is -2.16. The molecule has 0 bridgehead atoms. The summed E-state index contributed by atoms with van der Waals surface area (Å²) >= 11 is 0. The van der Waals surface area contributed by atoms with Crippen molar-refractivity contribution in [3.05, 3.63) is 48.0 Å². The lowest BCUT2D eigenvalue weighted by Crippen LogP contribution is -2.26. The molecule has 0 aliphatic heterocycles. The summed E-state index contributed by atoms with van der Waals surface area (Å²) < 4.78 is 0. The Balaban J connectivity index is 2.23. The van der Waals surface area contributed by atoms with Crippen LogP contribution in [0.4, 0.5) is 5.69 Å². The van der Waals surface area contributed by atoms with E-state index in [4.69, 9.17) is 10.8 Å². The number of imidazole rings is 1. The number of aliphatic hydroxyl groups excluding tert-OH is 1. The van der Waals surface area contributed by atoms with Crippen molar-refractivity contribution in [2.75, 3.05) is 18.9 Å². The number of aromatic nitrogens is 2. The number of hydrogen-bond acceptors (Lipinski definition) is 4. The number of benzene rings is 1. The highest BCUT2D eigenvalue weighted by Gasteiger charge is 2.15. The molecule has 0 spiro atoms. The van der Waals surface area contributed by atoms with Gasteiger partial charge in [0.1, 0.15) is 5.82 Å². The van der Waals surface area contributed by atoms with E-state index in [1.54, 1.807) is 12.4 Å². The summed E-state index contributed by atoms with van der Waals surface area (Å²) in [4.78, 5) is 7.31. The summed E-state index contributed by atoms with van der Waals surface area (Å²) in [5.74, 6) is 0.822. The lowest BCUT2D eigenvalue weighted by molar-refractivity contribution is 0.287. The van der Waals surface area contributed by atoms with E-state index in [2.05, 4.69) is 15.3 Å². The number of nitrogens with zero attached hydrogens (tertiary/aromatic N) is 1. The molecule has 1 aromatic heterocycles. The smallest absolute Gasteiger partial charge is 0.127 e. The average molecular weight is 232 g/mol. The minimum Gasteiger partial charge on any atom is -0.399 e. The van der Waals surface area contributed by atoms with Crippen LogP contribution in [0.5, 0.6) is 0 Å². The quantitative estimate of drug-likeness (QED) is 0.570. The summed E-state index contributed by atoms with van der Waals surface area (Å²) in [6, 6.07) is 7.55. The maximum absolute atomic E-state index is 8.89. The Labute approximate surface area is 99.7 Å². The minimum atomic E-state index is -0.0576. The van der Waals surface area contributed by atoms with Gasteiger partial charge in [0.15, 0.2) is 0 Å². The molecule has 2 aromatic rings. The van der Waals surface area contributed by atoms with Crippen molar-refractivity contribution in [2.24, 2.45) is 0 Å². The number of H-pyrrole nitrogens is 1. The molecule has 5 heteroatoms. The fourth-order valence-electron chi connectivity index (χ4n) is 1.71. The first kappa shape index (κ1) is 11.6. The number of hydrogen-bond donors (Lipinski definition) is 4. The second kappa shape index (κ2) is 5.47. The van der Waals surface area contributed by atoms with Gasteiger partial charge in [0.05, 0.1) is 12.6 Å². The molecule has 0 radical (unpaired) electrons. The highest BCUT2D eigenvalue weighted by atomic mass is 16.3. The van der Waals surface area contributed by atoms with E-state index in [9.17, 15) is 0 Å². The zero-order valence-electron chi connectivity index (χ0n) is 9.43. The monoisotopic (exact) mass is 232 g/mol. The predicted octanol–water partition coefficient (Wildman–Crippen LogP) is 0.663. The molecule has 1 unspecified atom stereocenters. The molecule has 90 valence electrons. The number of anilines is 1. The zero-order valence-corrected chi connectivity index (χ0v) is 9.43. The number of aromatic amines is 1. The van der Waals surface area contributed by atoms with E-state index in [0.717, 1.165) is 17.1 Å². The van der Waals surface area contributed by atoms with Gasteiger partial charge >= 0.3 is 0 Å². The van der Waals surface area contributed by atoms with Crippen LogP contribution in [0.3, 0.4) is 0 Å². The summed E-state index contributed by atoms with van der Waals surface area (Å²) in [5.41, 5.74) is 7.45. The van der Waals surface area contributed by atoms with E-state index < -0.39 is 0 Å². The van der Waals surface area contributed by atoms with Gasteiger partial charge in [0.2, 0.25) is 0 Å². The Morgan fingerprint density at radius 2 is 2.12 bits per heavy atom. The van der Waals surface area contributed by atoms with E-state index in [1.165, 1.54) is 0 Å². The first-order chi connectivity index (χ1) is 8.31. The molecular weight excluding hydrogens is 216 g/mol. The molecule has 17 heavy (non-hydrogen) atoms. The van der Waals surface area contributed by atoms with Crippen LogP contribution in [0.25, 0.3) is 0 Å². The van der Waals surface area contributed by atoms with E-state index in [0.29, 0.717) is 6.54 Å². The van der Waals surface area contributed by atoms with Crippen LogP contribution in [0.15, 0.2) is 36.7 Å². The molecule has 1 atom stereocenters. The Morgan fingerprint density at radius 3 is 2.71 bits per heavy atom. The third kappa shape index (κ3) is 2.83. The fourth-order valence-corrected chi connectivity index (χ4v) is 1.71. The Bertz CT molecular complexity index is 438. The number of nitrogens with one attached hydrogen (secondary N) is 2. The molecule has 5 N–H and O–H groups in total. The van der Waals surface area contributed by atoms with Crippen molar-refractivity contribution in [3.63, 3.8) is 0 Å². The van der Waals surface area contributed by atoms with Crippen LogP contribution in [0, 0.1) is 0 Å². The van der Waals surface area contributed by atoms with E-state index >= 15 is 0 Å². The lowest BCUT2D eigenvalue weighted by atomic mass is 10.1. The topological polar surface area (TPSA) is 87.0 Å². The van der Waals surface area contributed by atoms with Crippen molar-refractivity contribution in [1.82, 2.24) is 15.3 Å². The van der Waals surface area contributed by atoms with Crippen LogP contribution in [0.1, 0.15) is 17.4 Å². The van der Waals surface area contributed by atoms with Crippen molar-refractivity contribution < 1.29 is 5.11 Å². The Hall–Kier alpha value is -1.85. The molecule has 0 amide bonds. The van der Waals surface area contributed by atoms with Crippen molar-refractivity contribution in [3.8, 4) is 0 Å². The van der Waals surface area contributed by atoms with Gasteiger partial charge in [-0.25, -0.2) is 4.98 Å². The first-order valence-electron chi connectivity index (χ1n) is 5.50. The summed E-state index contributed by atoms with van der Waals surface area (Å²) in [7, 11) is 0. The van der Waals surface area contributed by atoms with Gasteiger partial charge in [-0.15, -0.1) is 0 Å². The summed E-state index contributed by atoms with van der Waals surface area (Å²) in [5, 5.41) is 12.1. The second-order valence-corrected chi connectivity index (χ2v) is 3.75. The molecule has 0 saturated carbocycles. The van der Waals surface area contributed by atoms with Gasteiger partial charge in [-0.2, -0.15) is 0 Å². The number of rotatable bonds is 5. The summed E-state index contributed by atoms with van der Waals surface area (Å²) in [6.45, 7) is 0.599. The molecule has 2 rings (SSSR count). The predicted molar refractivity (Wildman–Crippen MR) is 66.4 cm³/mol. The van der Waals surface area contributed by atoms with Gasteiger partial charge < -0.3 is 21.1 Å². The SMILES string of the molecule is Nc1ccc(C(NCCO)c2ncc[nH]2)cc1. The standard InChI is InChI=1S/C12H16N4O/c13-10-3-1-9(2-4-10)11(14-7-8-17)12-15-5-6-16-12/h1-6,11,14,17H,7-8,13H2,(H,15,16). The van der Waals surface area contributed by atoms with Crippen LogP contribution < -0.4 is 11.1 Å². The minimum absolute atomic E-state index is 0.0576. The molecule has 1 heterocycles. The van der Waals surface area contributed by atoms with Crippen LogP contribution >= 0.6 is 0 Å². The van der Waals surface area contributed by atoms with Crippen LogP contribution in [-0.2, 0) is 0 Å². The van der Waals surface area contributed by atoms with Gasteiger partial charge in [0, 0.05) is 24.6 Å². The third-order valence-electron chi connectivity index (χ3n) is 2.52. The summed E-state index contributed by atoms with van der Waals surface area (Å²) in [6.07, 6.45) is 3.49. The first-order valence-corrected chi connectivity index (χ1v) is 5.50. The van der Waals surface area contributed by atoms with Gasteiger partial charge in [-0.1, -0.05) is 12.1 Å². The van der Waals surface area contributed by atoms with Gasteiger partial charge in [-0.3, -0.25) is 0 Å². The third-order valence-corrected chi connectivity index (χ3v) is 2.52. The van der Waals surface area contributed by atoms with Crippen molar-refractivity contribution in [2.45, 2.75) is 6.04 Å². The maximum Gasteiger partial charge on any atom is 0.127 e. The average Bonchev–Trinajstić information content (AvgIpc) is 2.85. The normalized spacial score (nSPS) is 12.5. The molecule has 1 aromatic carbocycles. The van der Waals surface area contributed by atoms with E-state index in [1.807, 2.05) is 24.3 Å². The highest BCUT2D eigenvalue weighted by Crippen LogP contribution is 2.19. The van der Waals surface area contributed by atoms with Crippen LogP contribution in [-0.4, -0.2) is 28.2 Å². The van der Waals surface area contributed by atoms with Crippen LogP contribution in [0.2, 0.25) is 0 Å². The maximum atomic E-state index is 8.89. The Morgan fingerprint density at radius 1 is 1.35 bits per heavy atom. The second-order valence-electron chi connectivity index (χ2n) is 3.75. The Kier molecular flexibility index (Phi) is 3.74. The fraction of sp³-hybridized carbons (Fsp3) is 0.250. The zero-order chi connectivity index (χ0) is 12.1. The largest absolute Gasteiger partial charge is 0.399 e. The molecule has 0 saturated heterocycles. The van der Waals surface area contributed by atoms with Gasteiger partial charge in [-0.05, 0) is 17.7 Å². The van der Waals surface area contributed by atoms with Crippen molar-refractivity contribution in [1.29, 1.82) is 0 Å². The number of nitrogen functional groups attached to an aromatic ring is 1. The molecule has 0 fully saturated rings. The number of aliphatic hydroxyl groups is 1. The highest BCUT2D eigenvalue weighted by molar-refractivity contribution is 5.41. The number of nitrogens with two attached hydrogens (primary N) is 1. The van der Waals surface area contributed by atoms with E-state index in [-0.39, 0.29) is 12.6 Å².